The molecule has 1 saturated carbocycles. The van der Waals surface area contributed by atoms with Crippen LogP contribution in [0.1, 0.15) is 25.7 Å². The smallest absolute Gasteiger partial charge is 0.327 e. The molecule has 3 fully saturated rings. The van der Waals surface area contributed by atoms with Crippen LogP contribution in [0.5, 0.6) is 0 Å². The highest BCUT2D eigenvalue weighted by Crippen LogP contribution is 2.45. The summed E-state index contributed by atoms with van der Waals surface area (Å²) in [7, 11) is 1.80. The van der Waals surface area contributed by atoms with Crippen molar-refractivity contribution in [1.29, 1.82) is 0 Å². The predicted octanol–water partition coefficient (Wildman–Crippen LogP) is 1.46. The highest BCUT2D eigenvalue weighted by Gasteiger charge is 2.49. The largest absolute Gasteiger partial charge is 0.480 e. The molecule has 0 aromatic rings. The molecule has 2 saturated heterocycles. The molecular formula is C14H22N2O4S. The molecule has 2 aliphatic heterocycles. The molecule has 6 nitrogen and oxygen atoms in total. The number of carbonyl (C=O) groups is 2. The van der Waals surface area contributed by atoms with Gasteiger partial charge in [0.15, 0.2) is 0 Å². The molecule has 2 amide bonds. The number of urea groups is 1. The Bertz CT molecular complexity index is 423. The summed E-state index contributed by atoms with van der Waals surface area (Å²) in [6.07, 6.45) is 3.87. The van der Waals surface area contributed by atoms with Gasteiger partial charge in [-0.1, -0.05) is 0 Å². The van der Waals surface area contributed by atoms with Gasteiger partial charge in [-0.15, -0.1) is 11.8 Å². The normalized spacial score (nSPS) is 30.4. The van der Waals surface area contributed by atoms with E-state index in [-0.39, 0.29) is 17.4 Å². The SMILES string of the molecule is CN(C(=O)N1C(C(=O)O)CSC1C1CC1)C1CCOCC1. The van der Waals surface area contributed by atoms with E-state index in [0.29, 0.717) is 24.9 Å². The first kappa shape index (κ1) is 15.0. The highest BCUT2D eigenvalue weighted by molar-refractivity contribution is 8.00. The minimum Gasteiger partial charge on any atom is -0.480 e. The summed E-state index contributed by atoms with van der Waals surface area (Å²) in [4.78, 5) is 27.7. The van der Waals surface area contributed by atoms with Gasteiger partial charge >= 0.3 is 12.0 Å². The van der Waals surface area contributed by atoms with E-state index in [4.69, 9.17) is 4.74 Å². The third kappa shape index (κ3) is 2.99. The molecule has 0 spiro atoms. The first-order valence-electron chi connectivity index (χ1n) is 7.57. The molecule has 2 unspecified atom stereocenters. The van der Waals surface area contributed by atoms with Crippen LogP contribution in [0.25, 0.3) is 0 Å². The van der Waals surface area contributed by atoms with Gasteiger partial charge in [-0.05, 0) is 31.6 Å². The zero-order chi connectivity index (χ0) is 15.0. The summed E-state index contributed by atoms with van der Waals surface area (Å²) in [5.74, 6) is 0.0925. The van der Waals surface area contributed by atoms with Crippen LogP contribution in [0.15, 0.2) is 0 Å². The van der Waals surface area contributed by atoms with Crippen molar-refractivity contribution >= 4 is 23.8 Å². The Morgan fingerprint density at radius 2 is 1.90 bits per heavy atom. The van der Waals surface area contributed by atoms with E-state index in [2.05, 4.69) is 0 Å². The van der Waals surface area contributed by atoms with E-state index in [1.165, 1.54) is 0 Å². The fourth-order valence-electron chi connectivity index (χ4n) is 3.12. The summed E-state index contributed by atoms with van der Waals surface area (Å²) in [5, 5.41) is 9.44. The van der Waals surface area contributed by atoms with Crippen LogP contribution >= 0.6 is 11.8 Å². The van der Waals surface area contributed by atoms with E-state index < -0.39 is 12.0 Å². The second-order valence-corrected chi connectivity index (χ2v) is 7.21. The van der Waals surface area contributed by atoms with Crippen molar-refractivity contribution < 1.29 is 19.4 Å². The maximum Gasteiger partial charge on any atom is 0.327 e. The van der Waals surface area contributed by atoms with Crippen molar-refractivity contribution in [2.45, 2.75) is 43.1 Å². The molecule has 0 aromatic heterocycles. The Labute approximate surface area is 128 Å². The average molecular weight is 314 g/mol. The number of hydrogen-bond donors (Lipinski definition) is 1. The van der Waals surface area contributed by atoms with Crippen LogP contribution < -0.4 is 0 Å². The quantitative estimate of drug-likeness (QED) is 0.854. The van der Waals surface area contributed by atoms with Crippen molar-refractivity contribution in [2.75, 3.05) is 26.0 Å². The Hall–Kier alpha value is -0.950. The lowest BCUT2D eigenvalue weighted by atomic mass is 10.1. The highest BCUT2D eigenvalue weighted by atomic mass is 32.2. The molecule has 2 atom stereocenters. The maximum absolute atomic E-state index is 12.8. The standard InChI is InChI=1S/C14H22N2O4S/c1-15(10-4-6-20-7-5-10)14(19)16-11(13(17)18)8-21-12(16)9-2-3-9/h9-12H,2-8H2,1H3,(H,17,18). The minimum atomic E-state index is -0.889. The fourth-order valence-corrected chi connectivity index (χ4v) is 4.74. The summed E-state index contributed by atoms with van der Waals surface area (Å²) in [6, 6.07) is -0.655. The van der Waals surface area contributed by atoms with Gasteiger partial charge in [-0.3, -0.25) is 4.90 Å². The van der Waals surface area contributed by atoms with Gasteiger partial charge in [0.25, 0.3) is 0 Å². The van der Waals surface area contributed by atoms with Gasteiger partial charge in [-0.2, -0.15) is 0 Å². The number of amides is 2. The van der Waals surface area contributed by atoms with Crippen LogP contribution in [0.2, 0.25) is 0 Å². The monoisotopic (exact) mass is 314 g/mol. The van der Waals surface area contributed by atoms with Gasteiger partial charge in [0.1, 0.15) is 6.04 Å². The van der Waals surface area contributed by atoms with Crippen molar-refractivity contribution in [3.8, 4) is 0 Å². The molecule has 7 heteroatoms. The Balaban J connectivity index is 1.73. The molecule has 21 heavy (non-hydrogen) atoms. The fraction of sp³-hybridized carbons (Fsp3) is 0.857. The number of rotatable bonds is 3. The molecule has 0 aromatic carbocycles. The van der Waals surface area contributed by atoms with E-state index in [9.17, 15) is 14.7 Å². The lowest BCUT2D eigenvalue weighted by Gasteiger charge is -2.37. The minimum absolute atomic E-state index is 0.0425. The number of carboxylic acids is 1. The molecule has 3 rings (SSSR count). The van der Waals surface area contributed by atoms with Crippen molar-refractivity contribution in [3.05, 3.63) is 0 Å². The molecule has 1 aliphatic carbocycles. The third-order valence-corrected chi connectivity index (χ3v) is 6.07. The Kier molecular flexibility index (Phi) is 4.31. The zero-order valence-electron chi connectivity index (χ0n) is 12.2. The molecular weight excluding hydrogens is 292 g/mol. The zero-order valence-corrected chi connectivity index (χ0v) is 13.1. The lowest BCUT2D eigenvalue weighted by molar-refractivity contribution is -0.141. The Morgan fingerprint density at radius 1 is 1.24 bits per heavy atom. The number of nitrogens with zero attached hydrogens (tertiary/aromatic N) is 2. The number of hydrogen-bond acceptors (Lipinski definition) is 4. The second-order valence-electron chi connectivity index (χ2n) is 6.06. The van der Waals surface area contributed by atoms with E-state index in [1.54, 1.807) is 28.6 Å². The van der Waals surface area contributed by atoms with Gasteiger partial charge in [0.05, 0.1) is 5.37 Å². The maximum atomic E-state index is 12.8. The molecule has 118 valence electrons. The van der Waals surface area contributed by atoms with Gasteiger partial charge < -0.3 is 14.7 Å². The summed E-state index contributed by atoms with van der Waals surface area (Å²) in [6.45, 7) is 1.34. The number of ether oxygens (including phenoxy) is 1. The predicted molar refractivity (Wildman–Crippen MR) is 79.2 cm³/mol. The molecule has 0 radical (unpaired) electrons. The molecule has 3 aliphatic rings. The van der Waals surface area contributed by atoms with Crippen LogP contribution in [0.3, 0.4) is 0 Å². The lowest BCUT2D eigenvalue weighted by Crippen LogP contribution is -2.54. The summed E-state index contributed by atoms with van der Waals surface area (Å²) >= 11 is 1.62. The van der Waals surface area contributed by atoms with Crippen molar-refractivity contribution in [2.24, 2.45) is 5.92 Å². The summed E-state index contributed by atoms with van der Waals surface area (Å²) in [5.41, 5.74) is 0. The first-order chi connectivity index (χ1) is 10.1. The van der Waals surface area contributed by atoms with Gasteiger partial charge in [-0.25, -0.2) is 9.59 Å². The van der Waals surface area contributed by atoms with Gasteiger partial charge in [0, 0.05) is 32.1 Å². The topological polar surface area (TPSA) is 70.1 Å². The first-order valence-corrected chi connectivity index (χ1v) is 8.61. The summed E-state index contributed by atoms with van der Waals surface area (Å²) < 4.78 is 5.33. The van der Waals surface area contributed by atoms with Gasteiger partial charge in [0.2, 0.25) is 0 Å². The van der Waals surface area contributed by atoms with Crippen LogP contribution in [-0.2, 0) is 9.53 Å². The number of thioether (sulfide) groups is 1. The Morgan fingerprint density at radius 3 is 2.48 bits per heavy atom. The van der Waals surface area contributed by atoms with Crippen LogP contribution in [-0.4, -0.2) is 70.4 Å². The second kappa shape index (κ2) is 6.04. The number of aliphatic carboxylic acids is 1. The molecule has 0 bridgehead atoms. The average Bonchev–Trinajstić information content (AvgIpc) is 3.24. The van der Waals surface area contributed by atoms with Crippen LogP contribution in [0, 0.1) is 5.92 Å². The van der Waals surface area contributed by atoms with E-state index in [0.717, 1.165) is 25.7 Å². The number of carboxylic acid groups (broad SMARTS) is 1. The number of carbonyl (C=O) groups excluding carboxylic acids is 1. The van der Waals surface area contributed by atoms with Crippen molar-refractivity contribution in [3.63, 3.8) is 0 Å². The van der Waals surface area contributed by atoms with E-state index >= 15 is 0 Å². The molecule has 1 N–H and O–H groups in total. The van der Waals surface area contributed by atoms with Crippen molar-refractivity contribution in [1.82, 2.24) is 9.80 Å². The van der Waals surface area contributed by atoms with E-state index in [1.807, 2.05) is 0 Å². The molecule has 2 heterocycles. The van der Waals surface area contributed by atoms with Crippen LogP contribution in [0.4, 0.5) is 4.79 Å². The third-order valence-electron chi connectivity index (χ3n) is 4.61.